The first-order valence-corrected chi connectivity index (χ1v) is 4.89. The standard InChI is InChI=1S/C11H13FN2O/c1-7-5-10-9(6-8(7)12)13-11(15)3-4-14(10)2/h5-6H,3-4H2,1-2H3,(H,13,15). The van der Waals surface area contributed by atoms with Gasteiger partial charge in [0.2, 0.25) is 5.91 Å². The van der Waals surface area contributed by atoms with Crippen molar-refractivity contribution in [1.82, 2.24) is 0 Å². The van der Waals surface area contributed by atoms with E-state index in [0.717, 1.165) is 5.69 Å². The van der Waals surface area contributed by atoms with E-state index in [4.69, 9.17) is 0 Å². The van der Waals surface area contributed by atoms with E-state index in [9.17, 15) is 9.18 Å². The normalized spacial score (nSPS) is 15.7. The lowest BCUT2D eigenvalue weighted by atomic mass is 10.1. The fraction of sp³-hybridized carbons (Fsp3) is 0.364. The summed E-state index contributed by atoms with van der Waals surface area (Å²) in [5, 5.41) is 2.70. The van der Waals surface area contributed by atoms with Gasteiger partial charge in [-0.25, -0.2) is 4.39 Å². The monoisotopic (exact) mass is 208 g/mol. The predicted octanol–water partition coefficient (Wildman–Crippen LogP) is 1.91. The topological polar surface area (TPSA) is 32.3 Å². The number of rotatable bonds is 0. The van der Waals surface area contributed by atoms with Gasteiger partial charge in [-0.2, -0.15) is 0 Å². The van der Waals surface area contributed by atoms with Crippen LogP contribution in [0, 0.1) is 12.7 Å². The van der Waals surface area contributed by atoms with Crippen LogP contribution in [0.3, 0.4) is 0 Å². The van der Waals surface area contributed by atoms with Crippen molar-refractivity contribution in [2.75, 3.05) is 23.8 Å². The maximum absolute atomic E-state index is 13.3. The Morgan fingerprint density at radius 1 is 1.47 bits per heavy atom. The average Bonchev–Trinajstić information content (AvgIpc) is 2.30. The number of nitrogens with zero attached hydrogens (tertiary/aromatic N) is 1. The molecule has 1 amide bonds. The molecule has 0 bridgehead atoms. The van der Waals surface area contributed by atoms with E-state index in [-0.39, 0.29) is 11.7 Å². The van der Waals surface area contributed by atoms with E-state index in [1.165, 1.54) is 6.07 Å². The van der Waals surface area contributed by atoms with Crippen LogP contribution in [0.5, 0.6) is 0 Å². The molecule has 0 fully saturated rings. The first kappa shape index (κ1) is 9.96. The summed E-state index contributed by atoms with van der Waals surface area (Å²) in [5.74, 6) is -0.354. The van der Waals surface area contributed by atoms with E-state index in [1.807, 2.05) is 11.9 Å². The minimum Gasteiger partial charge on any atom is -0.372 e. The van der Waals surface area contributed by atoms with Crippen LogP contribution < -0.4 is 10.2 Å². The smallest absolute Gasteiger partial charge is 0.226 e. The Labute approximate surface area is 87.9 Å². The Morgan fingerprint density at radius 2 is 2.20 bits per heavy atom. The fourth-order valence-electron chi connectivity index (χ4n) is 1.68. The molecule has 0 aromatic heterocycles. The van der Waals surface area contributed by atoms with Crippen LogP contribution in [0.1, 0.15) is 12.0 Å². The van der Waals surface area contributed by atoms with Crippen molar-refractivity contribution in [3.63, 3.8) is 0 Å². The SMILES string of the molecule is Cc1cc2c(cc1F)NC(=O)CCN2C. The lowest BCUT2D eigenvalue weighted by Crippen LogP contribution is -2.18. The molecule has 1 aliphatic rings. The number of fused-ring (bicyclic) bond motifs is 1. The number of aryl methyl sites for hydroxylation is 1. The molecule has 15 heavy (non-hydrogen) atoms. The molecule has 0 unspecified atom stereocenters. The Kier molecular flexibility index (Phi) is 2.34. The quantitative estimate of drug-likeness (QED) is 0.706. The number of carbonyl (C=O) groups excluding carboxylic acids is 1. The van der Waals surface area contributed by atoms with Gasteiger partial charge < -0.3 is 10.2 Å². The maximum atomic E-state index is 13.3. The number of hydrogen-bond acceptors (Lipinski definition) is 2. The summed E-state index contributed by atoms with van der Waals surface area (Å²) in [7, 11) is 1.90. The van der Waals surface area contributed by atoms with Crippen molar-refractivity contribution in [3.8, 4) is 0 Å². The lowest BCUT2D eigenvalue weighted by Gasteiger charge is -2.19. The molecule has 2 rings (SSSR count). The molecule has 0 radical (unpaired) electrons. The van der Waals surface area contributed by atoms with Crippen LogP contribution in [-0.2, 0) is 4.79 Å². The number of anilines is 2. The first-order chi connectivity index (χ1) is 7.08. The molecule has 0 atom stereocenters. The third-order valence-electron chi connectivity index (χ3n) is 2.64. The van der Waals surface area contributed by atoms with Gasteiger partial charge in [0, 0.05) is 20.0 Å². The minimum absolute atomic E-state index is 0.0659. The van der Waals surface area contributed by atoms with Crippen LogP contribution in [0.4, 0.5) is 15.8 Å². The summed E-state index contributed by atoms with van der Waals surface area (Å²) >= 11 is 0. The highest BCUT2D eigenvalue weighted by atomic mass is 19.1. The molecule has 0 aliphatic carbocycles. The van der Waals surface area contributed by atoms with Gasteiger partial charge in [0.1, 0.15) is 5.82 Å². The van der Waals surface area contributed by atoms with Crippen LogP contribution >= 0.6 is 0 Å². The van der Waals surface area contributed by atoms with Crippen LogP contribution in [-0.4, -0.2) is 19.5 Å². The van der Waals surface area contributed by atoms with E-state index in [1.54, 1.807) is 13.0 Å². The minimum atomic E-state index is -0.288. The van der Waals surface area contributed by atoms with Crippen LogP contribution in [0.15, 0.2) is 12.1 Å². The molecule has 1 aliphatic heterocycles. The number of nitrogens with one attached hydrogen (secondary N) is 1. The van der Waals surface area contributed by atoms with Gasteiger partial charge in [-0.3, -0.25) is 4.79 Å². The summed E-state index contributed by atoms with van der Waals surface area (Å²) in [5.41, 5.74) is 2.03. The molecule has 1 N–H and O–H groups in total. The summed E-state index contributed by atoms with van der Waals surface area (Å²) in [4.78, 5) is 13.3. The lowest BCUT2D eigenvalue weighted by molar-refractivity contribution is -0.115. The van der Waals surface area contributed by atoms with Gasteiger partial charge in [-0.05, 0) is 24.6 Å². The van der Waals surface area contributed by atoms with Crippen molar-refractivity contribution in [3.05, 3.63) is 23.5 Å². The fourth-order valence-corrected chi connectivity index (χ4v) is 1.68. The third-order valence-corrected chi connectivity index (χ3v) is 2.64. The van der Waals surface area contributed by atoms with Crippen molar-refractivity contribution in [2.24, 2.45) is 0 Å². The second-order valence-corrected chi connectivity index (χ2v) is 3.84. The zero-order valence-corrected chi connectivity index (χ0v) is 8.80. The molecule has 0 saturated heterocycles. The number of halogens is 1. The van der Waals surface area contributed by atoms with Gasteiger partial charge in [0.25, 0.3) is 0 Å². The summed E-state index contributed by atoms with van der Waals surface area (Å²) in [6, 6.07) is 3.14. The second-order valence-electron chi connectivity index (χ2n) is 3.84. The highest BCUT2D eigenvalue weighted by Gasteiger charge is 2.17. The molecule has 1 aromatic carbocycles. The molecule has 0 spiro atoms. The van der Waals surface area contributed by atoms with E-state index in [2.05, 4.69) is 5.32 Å². The van der Waals surface area contributed by atoms with Gasteiger partial charge in [0.15, 0.2) is 0 Å². The Morgan fingerprint density at radius 3 is 2.93 bits per heavy atom. The predicted molar refractivity (Wildman–Crippen MR) is 57.7 cm³/mol. The molecule has 3 nitrogen and oxygen atoms in total. The summed E-state index contributed by atoms with van der Waals surface area (Å²) in [6.45, 7) is 2.38. The highest BCUT2D eigenvalue weighted by Crippen LogP contribution is 2.30. The van der Waals surface area contributed by atoms with Gasteiger partial charge >= 0.3 is 0 Å². The van der Waals surface area contributed by atoms with Crippen molar-refractivity contribution in [1.29, 1.82) is 0 Å². The van der Waals surface area contributed by atoms with E-state index in [0.29, 0.717) is 24.2 Å². The van der Waals surface area contributed by atoms with Gasteiger partial charge in [0.05, 0.1) is 11.4 Å². The number of amides is 1. The third kappa shape index (κ3) is 1.79. The summed E-state index contributed by atoms with van der Waals surface area (Å²) < 4.78 is 13.3. The van der Waals surface area contributed by atoms with Gasteiger partial charge in [-0.15, -0.1) is 0 Å². The molecule has 1 aromatic rings. The van der Waals surface area contributed by atoms with Crippen LogP contribution in [0.25, 0.3) is 0 Å². The molecule has 0 saturated carbocycles. The van der Waals surface area contributed by atoms with Gasteiger partial charge in [-0.1, -0.05) is 0 Å². The number of carbonyl (C=O) groups is 1. The molecule has 4 heteroatoms. The van der Waals surface area contributed by atoms with Crippen LogP contribution in [0.2, 0.25) is 0 Å². The zero-order valence-electron chi connectivity index (χ0n) is 8.80. The van der Waals surface area contributed by atoms with E-state index >= 15 is 0 Å². The number of benzene rings is 1. The maximum Gasteiger partial charge on any atom is 0.226 e. The Balaban J connectivity index is 2.52. The zero-order chi connectivity index (χ0) is 11.0. The molecule has 80 valence electrons. The van der Waals surface area contributed by atoms with Crippen molar-refractivity contribution >= 4 is 17.3 Å². The highest BCUT2D eigenvalue weighted by molar-refractivity contribution is 5.96. The van der Waals surface area contributed by atoms with Crippen molar-refractivity contribution < 1.29 is 9.18 Å². The first-order valence-electron chi connectivity index (χ1n) is 4.89. The van der Waals surface area contributed by atoms with Crippen molar-refractivity contribution in [2.45, 2.75) is 13.3 Å². The second kappa shape index (κ2) is 3.53. The molecular weight excluding hydrogens is 195 g/mol. The Hall–Kier alpha value is -1.58. The average molecular weight is 208 g/mol. The number of hydrogen-bond donors (Lipinski definition) is 1. The molecular formula is C11H13FN2O. The summed E-state index contributed by atoms with van der Waals surface area (Å²) in [6.07, 6.45) is 0.436. The largest absolute Gasteiger partial charge is 0.372 e. The Bertz CT molecular complexity index is 417. The molecule has 1 heterocycles. The van der Waals surface area contributed by atoms with E-state index < -0.39 is 0 Å².